The molecule has 104 valence electrons. The number of rotatable bonds is 2. The van der Waals surface area contributed by atoms with Gasteiger partial charge in [-0.25, -0.2) is 4.39 Å². The van der Waals surface area contributed by atoms with Crippen LogP contribution in [0.15, 0.2) is 24.3 Å². The van der Waals surface area contributed by atoms with Gasteiger partial charge in [-0.05, 0) is 38.0 Å². The fraction of sp³-hybridized carbons (Fsp3) is 0.312. The predicted octanol–water partition coefficient (Wildman–Crippen LogP) is 3.45. The van der Waals surface area contributed by atoms with Gasteiger partial charge >= 0.3 is 0 Å². The molecule has 0 atom stereocenters. The second kappa shape index (κ2) is 4.78. The van der Waals surface area contributed by atoms with Crippen LogP contribution in [0, 0.1) is 12.7 Å². The quantitative estimate of drug-likeness (QED) is 0.839. The highest BCUT2D eigenvalue weighted by molar-refractivity contribution is 5.98. The molecular formula is C16H16FNO2. The van der Waals surface area contributed by atoms with Crippen LogP contribution < -0.4 is 4.74 Å². The Bertz CT molecular complexity index is 688. The highest BCUT2D eigenvalue weighted by Gasteiger charge is 2.24. The molecule has 1 aliphatic rings. The van der Waals surface area contributed by atoms with Gasteiger partial charge < -0.3 is 9.30 Å². The third-order valence-electron chi connectivity index (χ3n) is 3.80. The van der Waals surface area contributed by atoms with E-state index in [0.717, 1.165) is 29.8 Å². The number of fused-ring (bicyclic) bond motifs is 1. The number of aryl methyl sites for hydroxylation is 1. The van der Waals surface area contributed by atoms with Gasteiger partial charge in [-0.3, -0.25) is 4.79 Å². The van der Waals surface area contributed by atoms with Crippen molar-refractivity contribution in [1.82, 2.24) is 4.57 Å². The van der Waals surface area contributed by atoms with Gasteiger partial charge in [0.25, 0.3) is 0 Å². The first-order valence-electron chi connectivity index (χ1n) is 6.70. The largest absolute Gasteiger partial charge is 0.497 e. The van der Waals surface area contributed by atoms with Crippen LogP contribution in [0.1, 0.15) is 34.6 Å². The Hall–Kier alpha value is -2.10. The summed E-state index contributed by atoms with van der Waals surface area (Å²) >= 11 is 0. The summed E-state index contributed by atoms with van der Waals surface area (Å²) in [7, 11) is 1.55. The molecule has 0 N–H and O–H groups in total. The van der Waals surface area contributed by atoms with Gasteiger partial charge in [0, 0.05) is 29.4 Å². The molecule has 2 aromatic rings. The molecule has 0 saturated carbocycles. The molecule has 20 heavy (non-hydrogen) atoms. The second-order valence-corrected chi connectivity index (χ2v) is 5.08. The lowest BCUT2D eigenvalue weighted by Gasteiger charge is -2.17. The van der Waals surface area contributed by atoms with E-state index in [1.54, 1.807) is 19.2 Å². The minimum absolute atomic E-state index is 0.149. The third kappa shape index (κ3) is 1.92. The number of carbonyl (C=O) groups is 1. The maximum Gasteiger partial charge on any atom is 0.164 e. The number of nitrogens with zero attached hydrogens (tertiary/aromatic N) is 1. The predicted molar refractivity (Wildman–Crippen MR) is 74.3 cm³/mol. The SMILES string of the molecule is COc1ccc(F)c(-n2c(C)cc3c2CCCC3=O)c1. The molecule has 0 unspecified atom stereocenters. The Morgan fingerprint density at radius 3 is 2.80 bits per heavy atom. The van der Waals surface area contributed by atoms with E-state index < -0.39 is 0 Å². The molecule has 1 aliphatic carbocycles. The summed E-state index contributed by atoms with van der Waals surface area (Å²) in [6.45, 7) is 1.89. The molecule has 0 bridgehead atoms. The first-order valence-corrected chi connectivity index (χ1v) is 6.70. The zero-order valence-electron chi connectivity index (χ0n) is 11.6. The van der Waals surface area contributed by atoms with Crippen molar-refractivity contribution in [2.45, 2.75) is 26.2 Å². The Morgan fingerprint density at radius 2 is 2.05 bits per heavy atom. The van der Waals surface area contributed by atoms with E-state index in [4.69, 9.17) is 4.74 Å². The van der Waals surface area contributed by atoms with Crippen molar-refractivity contribution in [3.63, 3.8) is 0 Å². The Balaban J connectivity index is 2.22. The van der Waals surface area contributed by atoms with Crippen LogP contribution in [0.25, 0.3) is 5.69 Å². The molecule has 0 fully saturated rings. The molecule has 0 radical (unpaired) electrons. The van der Waals surface area contributed by atoms with Gasteiger partial charge in [-0.15, -0.1) is 0 Å². The molecule has 0 saturated heterocycles. The van der Waals surface area contributed by atoms with E-state index >= 15 is 0 Å². The lowest BCUT2D eigenvalue weighted by Crippen LogP contribution is -2.13. The van der Waals surface area contributed by atoms with Gasteiger partial charge in [-0.2, -0.15) is 0 Å². The van der Waals surface area contributed by atoms with Gasteiger partial charge in [0.1, 0.15) is 11.6 Å². The number of ether oxygens (including phenoxy) is 1. The highest BCUT2D eigenvalue weighted by atomic mass is 19.1. The summed E-state index contributed by atoms with van der Waals surface area (Å²) < 4.78 is 21.2. The van der Waals surface area contributed by atoms with Crippen molar-refractivity contribution in [3.8, 4) is 11.4 Å². The lowest BCUT2D eigenvalue weighted by molar-refractivity contribution is 0.0972. The van der Waals surface area contributed by atoms with Crippen LogP contribution >= 0.6 is 0 Å². The molecule has 1 heterocycles. The summed E-state index contributed by atoms with van der Waals surface area (Å²) in [5.74, 6) is 0.437. The zero-order valence-corrected chi connectivity index (χ0v) is 11.6. The van der Waals surface area contributed by atoms with Crippen LogP contribution in [0.2, 0.25) is 0 Å². The summed E-state index contributed by atoms with van der Waals surface area (Å²) in [5, 5.41) is 0. The topological polar surface area (TPSA) is 31.2 Å². The van der Waals surface area contributed by atoms with E-state index in [1.807, 2.05) is 17.6 Å². The summed E-state index contributed by atoms with van der Waals surface area (Å²) in [6.07, 6.45) is 2.20. The Morgan fingerprint density at radius 1 is 1.25 bits per heavy atom. The van der Waals surface area contributed by atoms with Crippen LogP contribution in [-0.2, 0) is 6.42 Å². The first-order chi connectivity index (χ1) is 9.61. The molecule has 1 aromatic heterocycles. The van der Waals surface area contributed by atoms with Crippen molar-refractivity contribution in [2.24, 2.45) is 0 Å². The molecule has 1 aromatic carbocycles. The van der Waals surface area contributed by atoms with Gasteiger partial charge in [0.2, 0.25) is 0 Å². The Labute approximate surface area is 117 Å². The smallest absolute Gasteiger partial charge is 0.164 e. The standard InChI is InChI=1S/C16H16FNO2/c1-10-8-12-14(4-3-5-16(12)19)18(10)15-9-11(20-2)6-7-13(15)17/h6-9H,3-5H2,1-2H3. The number of halogens is 1. The van der Waals surface area contributed by atoms with Crippen LogP contribution in [0.3, 0.4) is 0 Å². The van der Waals surface area contributed by atoms with Crippen molar-refractivity contribution >= 4 is 5.78 Å². The number of Topliss-reactive ketones (excluding diaryl/α,β-unsaturated/α-hetero) is 1. The highest BCUT2D eigenvalue weighted by Crippen LogP contribution is 2.30. The summed E-state index contributed by atoms with van der Waals surface area (Å²) in [5.41, 5.74) is 2.96. The minimum atomic E-state index is -0.315. The molecule has 0 amide bonds. The van der Waals surface area contributed by atoms with Gasteiger partial charge in [-0.1, -0.05) is 0 Å². The normalized spacial score (nSPS) is 14.2. The van der Waals surface area contributed by atoms with Crippen LogP contribution in [-0.4, -0.2) is 17.5 Å². The van der Waals surface area contributed by atoms with E-state index in [0.29, 0.717) is 17.9 Å². The maximum atomic E-state index is 14.2. The summed E-state index contributed by atoms with van der Waals surface area (Å²) in [6, 6.07) is 6.51. The average Bonchev–Trinajstić information content (AvgIpc) is 2.77. The minimum Gasteiger partial charge on any atom is -0.497 e. The van der Waals surface area contributed by atoms with E-state index in [-0.39, 0.29) is 11.6 Å². The van der Waals surface area contributed by atoms with E-state index in [9.17, 15) is 9.18 Å². The van der Waals surface area contributed by atoms with Crippen molar-refractivity contribution < 1.29 is 13.9 Å². The van der Waals surface area contributed by atoms with Crippen molar-refractivity contribution in [2.75, 3.05) is 7.11 Å². The van der Waals surface area contributed by atoms with Gasteiger partial charge in [0.15, 0.2) is 5.78 Å². The number of hydrogen-bond acceptors (Lipinski definition) is 2. The summed E-state index contributed by atoms with van der Waals surface area (Å²) in [4.78, 5) is 12.0. The Kier molecular flexibility index (Phi) is 3.08. The van der Waals surface area contributed by atoms with Crippen LogP contribution in [0.4, 0.5) is 4.39 Å². The van der Waals surface area contributed by atoms with E-state index in [2.05, 4.69) is 0 Å². The number of hydrogen-bond donors (Lipinski definition) is 0. The van der Waals surface area contributed by atoms with E-state index in [1.165, 1.54) is 6.07 Å². The number of ketones is 1. The molecule has 3 nitrogen and oxygen atoms in total. The number of carbonyl (C=O) groups excluding carboxylic acids is 1. The number of methoxy groups -OCH3 is 1. The monoisotopic (exact) mass is 273 g/mol. The van der Waals surface area contributed by atoms with Crippen molar-refractivity contribution in [3.05, 3.63) is 47.0 Å². The molecule has 0 aliphatic heterocycles. The maximum absolute atomic E-state index is 14.2. The molecule has 0 spiro atoms. The molecular weight excluding hydrogens is 257 g/mol. The molecule has 3 rings (SSSR count). The van der Waals surface area contributed by atoms with Crippen molar-refractivity contribution in [1.29, 1.82) is 0 Å². The first kappa shape index (κ1) is 12.9. The fourth-order valence-corrected chi connectivity index (χ4v) is 2.86. The zero-order chi connectivity index (χ0) is 14.3. The second-order valence-electron chi connectivity index (χ2n) is 5.08. The lowest BCUT2D eigenvalue weighted by atomic mass is 9.96. The van der Waals surface area contributed by atoms with Gasteiger partial charge in [0.05, 0.1) is 12.8 Å². The number of benzene rings is 1. The molecule has 4 heteroatoms. The third-order valence-corrected chi connectivity index (χ3v) is 3.80. The number of aromatic nitrogens is 1. The fourth-order valence-electron chi connectivity index (χ4n) is 2.86. The van der Waals surface area contributed by atoms with Crippen LogP contribution in [0.5, 0.6) is 5.75 Å². The average molecular weight is 273 g/mol.